The topological polar surface area (TPSA) is 140 Å². The number of rotatable bonds is 16. The van der Waals surface area contributed by atoms with Crippen molar-refractivity contribution in [1.82, 2.24) is 9.99 Å². The van der Waals surface area contributed by atoms with Gasteiger partial charge in [0.05, 0.1) is 24.1 Å². The Kier molecular flexibility index (Phi) is 11.3. The highest BCUT2D eigenvalue weighted by Crippen LogP contribution is 2.44. The minimum Gasteiger partial charge on any atom is -0.491 e. The number of aliphatic carboxylic acids is 1. The molecule has 1 aromatic heterocycles. The van der Waals surface area contributed by atoms with Gasteiger partial charge in [0, 0.05) is 30.1 Å². The molecule has 208 valence electrons. The van der Waals surface area contributed by atoms with Crippen molar-refractivity contribution in [2.24, 2.45) is 5.84 Å². The Hall–Kier alpha value is -3.25. The molecule has 0 bridgehead atoms. The van der Waals surface area contributed by atoms with E-state index in [0.29, 0.717) is 37.4 Å². The van der Waals surface area contributed by atoms with Gasteiger partial charge in [0.2, 0.25) is 5.91 Å². The van der Waals surface area contributed by atoms with Crippen molar-refractivity contribution < 1.29 is 24.2 Å². The van der Waals surface area contributed by atoms with Crippen molar-refractivity contribution in [3.63, 3.8) is 0 Å². The second-order valence-corrected chi connectivity index (χ2v) is 10.0. The predicted octanol–water partition coefficient (Wildman–Crippen LogP) is 5.34. The summed E-state index contributed by atoms with van der Waals surface area (Å²) < 4.78 is 14.4. The maximum atomic E-state index is 12.8. The molecule has 2 aromatic rings. The Morgan fingerprint density at radius 3 is 2.61 bits per heavy atom. The number of aromatic nitrogens is 1. The monoisotopic (exact) mass is 526 g/mol. The molecule has 9 nitrogen and oxygen atoms in total. The van der Waals surface area contributed by atoms with Crippen LogP contribution in [0.1, 0.15) is 102 Å². The summed E-state index contributed by atoms with van der Waals surface area (Å²) in [4.78, 5) is 24.5. The second-order valence-electron chi connectivity index (χ2n) is 10.0. The average Bonchev–Trinajstić information content (AvgIpc) is 3.24. The van der Waals surface area contributed by atoms with E-state index in [9.17, 15) is 14.7 Å². The molecule has 4 N–H and O–H groups in total. The quantitative estimate of drug-likeness (QED) is 0.116. The second kappa shape index (κ2) is 14.6. The maximum absolute atomic E-state index is 12.8. The van der Waals surface area contributed by atoms with Crippen molar-refractivity contribution in [1.29, 1.82) is 5.26 Å². The van der Waals surface area contributed by atoms with E-state index in [-0.39, 0.29) is 11.8 Å². The van der Waals surface area contributed by atoms with Gasteiger partial charge in [0.25, 0.3) is 0 Å². The van der Waals surface area contributed by atoms with Gasteiger partial charge in [-0.3, -0.25) is 10.2 Å². The Morgan fingerprint density at radius 2 is 1.95 bits per heavy atom. The number of fused-ring (bicyclic) bond motifs is 3. The minimum atomic E-state index is -1.02. The van der Waals surface area contributed by atoms with E-state index in [0.717, 1.165) is 86.5 Å². The first-order valence-corrected chi connectivity index (χ1v) is 14.0. The Bertz CT molecular complexity index is 1140. The van der Waals surface area contributed by atoms with Crippen molar-refractivity contribution in [3.8, 4) is 17.6 Å². The summed E-state index contributed by atoms with van der Waals surface area (Å²) in [5.74, 6) is 5.02. The predicted molar refractivity (Wildman–Crippen MR) is 146 cm³/mol. The number of amides is 1. The molecule has 38 heavy (non-hydrogen) atoms. The molecular weight excluding hydrogens is 484 g/mol. The molecule has 2 unspecified atom stereocenters. The van der Waals surface area contributed by atoms with Crippen LogP contribution in [0, 0.1) is 11.3 Å². The number of benzene rings is 1. The zero-order chi connectivity index (χ0) is 27.5. The summed E-state index contributed by atoms with van der Waals surface area (Å²) in [6.45, 7) is 5.13. The molecule has 0 fully saturated rings. The molecule has 1 heterocycles. The number of hydrogen-bond donors (Lipinski definition) is 3. The SMILES string of the molecule is CCCOc1cc(OC(CC)C(=O)O)cc2c3c(n(CCCCCCCCC#N)c12)CCCC3C(=O)NN. The molecule has 0 saturated carbocycles. The van der Waals surface area contributed by atoms with E-state index >= 15 is 0 Å². The van der Waals surface area contributed by atoms with Crippen LogP contribution in [0.2, 0.25) is 0 Å². The maximum Gasteiger partial charge on any atom is 0.344 e. The number of nitrogens with two attached hydrogens (primary N) is 1. The number of hydrogen-bond acceptors (Lipinski definition) is 6. The van der Waals surface area contributed by atoms with Gasteiger partial charge in [0.1, 0.15) is 11.5 Å². The lowest BCUT2D eigenvalue weighted by Gasteiger charge is -2.23. The molecule has 3 rings (SSSR count). The molecule has 0 saturated heterocycles. The number of nitriles is 1. The number of carboxylic acid groups (broad SMARTS) is 1. The highest BCUT2D eigenvalue weighted by Gasteiger charge is 2.33. The molecule has 0 spiro atoms. The number of nitrogens with zero attached hydrogens (tertiary/aromatic N) is 2. The van der Waals surface area contributed by atoms with Gasteiger partial charge in [-0.15, -0.1) is 0 Å². The highest BCUT2D eigenvalue weighted by molar-refractivity contribution is 5.97. The average molecular weight is 527 g/mol. The first kappa shape index (κ1) is 29.3. The lowest BCUT2D eigenvalue weighted by molar-refractivity contribution is -0.145. The molecule has 1 aliphatic carbocycles. The number of ether oxygens (including phenoxy) is 2. The number of aryl methyl sites for hydroxylation is 1. The Balaban J connectivity index is 2.02. The van der Waals surface area contributed by atoms with Crippen LogP contribution in [-0.2, 0) is 22.6 Å². The smallest absolute Gasteiger partial charge is 0.344 e. The molecular formula is C29H42N4O5. The lowest BCUT2D eigenvalue weighted by Crippen LogP contribution is -2.36. The summed E-state index contributed by atoms with van der Waals surface area (Å²) in [5, 5.41) is 19.1. The number of nitrogens with one attached hydrogen (secondary N) is 1. The van der Waals surface area contributed by atoms with Gasteiger partial charge in [-0.2, -0.15) is 5.26 Å². The molecule has 2 atom stereocenters. The van der Waals surface area contributed by atoms with Crippen molar-refractivity contribution in [2.75, 3.05) is 6.61 Å². The third kappa shape index (κ3) is 6.98. The number of unbranched alkanes of at least 4 members (excludes halogenated alkanes) is 6. The van der Waals surface area contributed by atoms with Gasteiger partial charge in [0.15, 0.2) is 6.10 Å². The van der Waals surface area contributed by atoms with Gasteiger partial charge < -0.3 is 19.1 Å². The fraction of sp³-hybridized carbons (Fsp3) is 0.621. The van der Waals surface area contributed by atoms with Crippen LogP contribution in [0.15, 0.2) is 12.1 Å². The zero-order valence-electron chi connectivity index (χ0n) is 22.8. The summed E-state index contributed by atoms with van der Waals surface area (Å²) >= 11 is 0. The van der Waals surface area contributed by atoms with Gasteiger partial charge >= 0.3 is 5.97 Å². The largest absolute Gasteiger partial charge is 0.491 e. The normalized spacial score (nSPS) is 15.5. The van der Waals surface area contributed by atoms with E-state index in [2.05, 4.69) is 16.1 Å². The van der Waals surface area contributed by atoms with Crippen molar-refractivity contribution in [3.05, 3.63) is 23.4 Å². The number of hydrazine groups is 1. The summed E-state index contributed by atoms with van der Waals surface area (Å²) in [6.07, 6.45) is 9.58. The van der Waals surface area contributed by atoms with Crippen molar-refractivity contribution in [2.45, 2.75) is 109 Å². The van der Waals surface area contributed by atoms with Crippen LogP contribution < -0.4 is 20.7 Å². The van der Waals surface area contributed by atoms with Crippen LogP contribution in [0.25, 0.3) is 10.9 Å². The Morgan fingerprint density at radius 1 is 1.21 bits per heavy atom. The first-order chi connectivity index (χ1) is 18.5. The number of carbonyl (C=O) groups excluding carboxylic acids is 1. The van der Waals surface area contributed by atoms with E-state index in [1.165, 1.54) is 0 Å². The van der Waals surface area contributed by atoms with E-state index in [4.69, 9.17) is 20.6 Å². The van der Waals surface area contributed by atoms with Gasteiger partial charge in [-0.05, 0) is 56.6 Å². The van der Waals surface area contributed by atoms with Crippen LogP contribution in [0.4, 0.5) is 0 Å². The van der Waals surface area contributed by atoms with Crippen LogP contribution in [0.3, 0.4) is 0 Å². The van der Waals surface area contributed by atoms with Crippen LogP contribution in [0.5, 0.6) is 11.5 Å². The van der Waals surface area contributed by atoms with Crippen LogP contribution >= 0.6 is 0 Å². The molecule has 1 aliphatic rings. The fourth-order valence-electron chi connectivity index (χ4n) is 5.43. The van der Waals surface area contributed by atoms with Crippen LogP contribution in [-0.4, -0.2) is 34.3 Å². The van der Waals surface area contributed by atoms with Gasteiger partial charge in [-0.1, -0.05) is 39.5 Å². The summed E-state index contributed by atoms with van der Waals surface area (Å²) in [6, 6.07) is 5.86. The minimum absolute atomic E-state index is 0.221. The third-order valence-electron chi connectivity index (χ3n) is 7.27. The molecule has 9 heteroatoms. The standard InChI is InChI=1S/C29H42N4O5/c1-3-17-37-25-19-20(38-24(4-2)29(35)36)18-22-26-21(28(34)32-31)13-12-14-23(26)33(27(22)25)16-11-9-7-5-6-8-10-15-30/h18-19,21,24H,3-14,16-17,31H2,1-2H3,(H,32,34)(H,35,36). The first-order valence-electron chi connectivity index (χ1n) is 14.0. The van der Waals surface area contributed by atoms with Gasteiger partial charge in [-0.25, -0.2) is 10.6 Å². The third-order valence-corrected chi connectivity index (χ3v) is 7.27. The van der Waals surface area contributed by atoms with E-state index in [1.807, 2.05) is 13.0 Å². The lowest BCUT2D eigenvalue weighted by atomic mass is 9.84. The summed E-state index contributed by atoms with van der Waals surface area (Å²) in [7, 11) is 0. The van der Waals surface area contributed by atoms with Crippen molar-refractivity contribution >= 4 is 22.8 Å². The molecule has 0 radical (unpaired) electrons. The van der Waals surface area contributed by atoms with E-state index < -0.39 is 12.1 Å². The highest BCUT2D eigenvalue weighted by atomic mass is 16.5. The summed E-state index contributed by atoms with van der Waals surface area (Å²) in [5.41, 5.74) is 5.34. The molecule has 0 aliphatic heterocycles. The zero-order valence-corrected chi connectivity index (χ0v) is 22.8. The number of carboxylic acids is 1. The number of carbonyl (C=O) groups is 2. The molecule has 1 amide bonds. The molecule has 1 aromatic carbocycles. The fourth-order valence-corrected chi connectivity index (χ4v) is 5.43. The van der Waals surface area contributed by atoms with E-state index in [1.54, 1.807) is 13.0 Å². The Labute approximate surface area is 225 Å².